The molecule has 3 heteroatoms. The van der Waals surface area contributed by atoms with E-state index < -0.39 is 5.41 Å². The van der Waals surface area contributed by atoms with Crippen LogP contribution in [0.2, 0.25) is 0 Å². The Kier molecular flexibility index (Phi) is 3.73. The average molecular weight is 270 g/mol. The monoisotopic (exact) mass is 270 g/mol. The zero-order valence-electron chi connectivity index (χ0n) is 11.8. The van der Waals surface area contributed by atoms with Gasteiger partial charge in [-0.25, -0.2) is 4.98 Å². The van der Waals surface area contributed by atoms with Crippen LogP contribution < -0.4 is 0 Å². The van der Waals surface area contributed by atoms with E-state index in [1.165, 1.54) is 10.4 Å². The minimum Gasteiger partial charge on any atom is -0.239 e. The zero-order chi connectivity index (χ0) is 14.0. The van der Waals surface area contributed by atoms with Crippen LogP contribution in [-0.2, 0) is 11.8 Å². The van der Waals surface area contributed by atoms with Crippen molar-refractivity contribution in [1.82, 2.24) is 4.98 Å². The Morgan fingerprint density at radius 1 is 1.26 bits per heavy atom. The highest BCUT2D eigenvalue weighted by atomic mass is 32.1. The van der Waals surface area contributed by atoms with Gasteiger partial charge in [0.1, 0.15) is 10.4 Å². The molecule has 1 heterocycles. The van der Waals surface area contributed by atoms with Gasteiger partial charge in [0.15, 0.2) is 0 Å². The molecular weight excluding hydrogens is 252 g/mol. The van der Waals surface area contributed by atoms with Crippen LogP contribution in [0.15, 0.2) is 24.3 Å². The maximum absolute atomic E-state index is 9.20. The van der Waals surface area contributed by atoms with E-state index in [9.17, 15) is 5.26 Å². The maximum Gasteiger partial charge on any atom is 0.113 e. The fraction of sp³-hybridized carbons (Fsp3) is 0.375. The van der Waals surface area contributed by atoms with E-state index in [2.05, 4.69) is 49.2 Å². The van der Waals surface area contributed by atoms with Crippen molar-refractivity contribution in [2.75, 3.05) is 0 Å². The van der Waals surface area contributed by atoms with Crippen LogP contribution in [0.1, 0.15) is 36.2 Å². The summed E-state index contributed by atoms with van der Waals surface area (Å²) in [6, 6.07) is 10.8. The van der Waals surface area contributed by atoms with Crippen molar-refractivity contribution in [2.24, 2.45) is 0 Å². The van der Waals surface area contributed by atoms with E-state index in [4.69, 9.17) is 0 Å². The van der Waals surface area contributed by atoms with Crippen molar-refractivity contribution < 1.29 is 0 Å². The van der Waals surface area contributed by atoms with E-state index in [1.54, 1.807) is 11.3 Å². The molecule has 2 aromatic rings. The summed E-state index contributed by atoms with van der Waals surface area (Å²) in [4.78, 5) is 5.84. The number of benzene rings is 1. The molecule has 2 rings (SSSR count). The van der Waals surface area contributed by atoms with Gasteiger partial charge in [0.05, 0.1) is 11.8 Å². The highest BCUT2D eigenvalue weighted by molar-refractivity contribution is 7.12. The summed E-state index contributed by atoms with van der Waals surface area (Å²) in [5, 5.41) is 10.1. The Morgan fingerprint density at radius 2 is 1.89 bits per heavy atom. The number of aromatic nitrogens is 1. The average Bonchev–Trinajstić information content (AvgIpc) is 2.82. The first-order chi connectivity index (χ1) is 8.97. The van der Waals surface area contributed by atoms with Gasteiger partial charge in [-0.2, -0.15) is 5.26 Å². The molecule has 0 unspecified atom stereocenters. The standard InChI is InChI=1S/C16H18N2S/c1-5-12-6-8-13(9-7-12)14-11(2)19-15(18-14)16(3,4)10-17/h6-9H,5H2,1-4H3. The third kappa shape index (κ3) is 2.69. The molecule has 0 aliphatic carbocycles. The molecule has 1 aromatic carbocycles. The van der Waals surface area contributed by atoms with Gasteiger partial charge in [-0.3, -0.25) is 0 Å². The number of rotatable bonds is 3. The summed E-state index contributed by atoms with van der Waals surface area (Å²) < 4.78 is 0. The lowest BCUT2D eigenvalue weighted by molar-refractivity contribution is 0.680. The van der Waals surface area contributed by atoms with Crippen LogP contribution in [0.4, 0.5) is 0 Å². The van der Waals surface area contributed by atoms with Crippen LogP contribution in [0, 0.1) is 18.3 Å². The summed E-state index contributed by atoms with van der Waals surface area (Å²) in [6.45, 7) is 8.04. The minimum absolute atomic E-state index is 0.517. The zero-order valence-corrected chi connectivity index (χ0v) is 12.6. The van der Waals surface area contributed by atoms with Crippen LogP contribution in [0.25, 0.3) is 11.3 Å². The summed E-state index contributed by atoms with van der Waals surface area (Å²) in [5.41, 5.74) is 2.95. The molecule has 1 aromatic heterocycles. The molecule has 0 amide bonds. The Labute approximate surface area is 118 Å². The summed E-state index contributed by atoms with van der Waals surface area (Å²) >= 11 is 1.62. The van der Waals surface area contributed by atoms with Crippen LogP contribution in [0.5, 0.6) is 0 Å². The molecule has 0 saturated heterocycles. The third-order valence-electron chi connectivity index (χ3n) is 3.25. The molecule has 0 spiro atoms. The van der Waals surface area contributed by atoms with Gasteiger partial charge in [0.2, 0.25) is 0 Å². The van der Waals surface area contributed by atoms with Crippen molar-refractivity contribution in [3.8, 4) is 17.3 Å². The van der Waals surface area contributed by atoms with Crippen LogP contribution >= 0.6 is 11.3 Å². The second-order valence-corrected chi connectivity index (χ2v) is 6.41. The molecule has 98 valence electrons. The number of thiazole rings is 1. The van der Waals surface area contributed by atoms with Gasteiger partial charge in [-0.15, -0.1) is 11.3 Å². The van der Waals surface area contributed by atoms with Gasteiger partial charge in [0, 0.05) is 10.4 Å². The smallest absolute Gasteiger partial charge is 0.113 e. The predicted molar refractivity (Wildman–Crippen MR) is 80.3 cm³/mol. The molecule has 0 fully saturated rings. The molecule has 0 aliphatic rings. The number of hydrogen-bond acceptors (Lipinski definition) is 3. The third-order valence-corrected chi connectivity index (χ3v) is 4.54. The number of nitrogens with zero attached hydrogens (tertiary/aromatic N) is 2. The van der Waals surface area contributed by atoms with Crippen molar-refractivity contribution >= 4 is 11.3 Å². The minimum atomic E-state index is -0.517. The van der Waals surface area contributed by atoms with Crippen LogP contribution in [0.3, 0.4) is 0 Å². The van der Waals surface area contributed by atoms with Gasteiger partial charge in [0.25, 0.3) is 0 Å². The van der Waals surface area contributed by atoms with Gasteiger partial charge in [-0.1, -0.05) is 31.2 Å². The van der Waals surface area contributed by atoms with Crippen molar-refractivity contribution in [1.29, 1.82) is 5.26 Å². The molecule has 0 atom stereocenters. The molecule has 2 nitrogen and oxygen atoms in total. The maximum atomic E-state index is 9.20. The second kappa shape index (κ2) is 5.14. The SMILES string of the molecule is CCc1ccc(-c2nc(C(C)(C)C#N)sc2C)cc1. The Balaban J connectivity index is 2.43. The predicted octanol–water partition coefficient (Wildman–Crippen LogP) is 4.48. The van der Waals surface area contributed by atoms with Crippen LogP contribution in [-0.4, -0.2) is 4.98 Å². The van der Waals surface area contributed by atoms with E-state index >= 15 is 0 Å². The normalized spacial score (nSPS) is 11.3. The molecule has 19 heavy (non-hydrogen) atoms. The number of hydrogen-bond donors (Lipinski definition) is 0. The summed E-state index contributed by atoms with van der Waals surface area (Å²) in [6.07, 6.45) is 1.04. The highest BCUT2D eigenvalue weighted by Gasteiger charge is 2.25. The first-order valence-corrected chi connectivity index (χ1v) is 7.28. The number of aryl methyl sites for hydroxylation is 2. The topological polar surface area (TPSA) is 36.7 Å². The fourth-order valence-corrected chi connectivity index (χ4v) is 2.87. The molecule has 0 radical (unpaired) electrons. The Hall–Kier alpha value is -1.66. The van der Waals surface area contributed by atoms with E-state index in [1.807, 2.05) is 13.8 Å². The van der Waals surface area contributed by atoms with Gasteiger partial charge in [-0.05, 0) is 32.8 Å². The van der Waals surface area contributed by atoms with Gasteiger partial charge >= 0.3 is 0 Å². The van der Waals surface area contributed by atoms with Gasteiger partial charge < -0.3 is 0 Å². The first kappa shape index (κ1) is 13.8. The van der Waals surface area contributed by atoms with Crippen molar-refractivity contribution in [3.05, 3.63) is 39.7 Å². The summed E-state index contributed by atoms with van der Waals surface area (Å²) in [7, 11) is 0. The summed E-state index contributed by atoms with van der Waals surface area (Å²) in [5.74, 6) is 0. The van der Waals surface area contributed by atoms with E-state index in [-0.39, 0.29) is 0 Å². The highest BCUT2D eigenvalue weighted by Crippen LogP contribution is 2.33. The Morgan fingerprint density at radius 3 is 2.42 bits per heavy atom. The first-order valence-electron chi connectivity index (χ1n) is 6.46. The largest absolute Gasteiger partial charge is 0.239 e. The second-order valence-electron chi connectivity index (χ2n) is 5.21. The molecule has 0 aliphatic heterocycles. The fourth-order valence-electron chi connectivity index (χ4n) is 1.88. The lowest BCUT2D eigenvalue weighted by Crippen LogP contribution is -2.13. The molecule has 0 bridgehead atoms. The van der Waals surface area contributed by atoms with E-state index in [0.717, 1.165) is 22.7 Å². The Bertz CT molecular complexity index is 615. The molecular formula is C16H18N2S. The quantitative estimate of drug-likeness (QED) is 0.824. The van der Waals surface area contributed by atoms with Crippen molar-refractivity contribution in [3.63, 3.8) is 0 Å². The van der Waals surface area contributed by atoms with Crippen molar-refractivity contribution in [2.45, 2.75) is 39.5 Å². The lowest BCUT2D eigenvalue weighted by atomic mass is 9.97. The molecule has 0 N–H and O–H groups in total. The molecule has 0 saturated carbocycles. The lowest BCUT2D eigenvalue weighted by Gasteiger charge is -2.09. The van der Waals surface area contributed by atoms with E-state index in [0.29, 0.717) is 0 Å². The number of nitriles is 1.